The summed E-state index contributed by atoms with van der Waals surface area (Å²) in [5.41, 5.74) is 0.157. The normalized spacial score (nSPS) is 13.8. The number of carbonyl (C=O) groups is 4. The summed E-state index contributed by atoms with van der Waals surface area (Å²) >= 11 is 0. The molecule has 1 aliphatic rings. The Morgan fingerprint density at radius 2 is 1.06 bits per heavy atom. The summed E-state index contributed by atoms with van der Waals surface area (Å²) in [4.78, 5) is 54.0. The van der Waals surface area contributed by atoms with Gasteiger partial charge in [0.2, 0.25) is 11.6 Å². The molecule has 0 saturated heterocycles. The number of benzene rings is 2. The fourth-order valence-electron chi connectivity index (χ4n) is 4.79. The molecule has 7 nitrogen and oxygen atoms in total. The van der Waals surface area contributed by atoms with E-state index in [4.69, 9.17) is 9.47 Å². The number of esters is 2. The monoisotopic (exact) mass is 473 g/mol. The molecule has 0 bridgehead atoms. The molecule has 0 unspecified atom stereocenters. The molecule has 1 aromatic heterocycles. The van der Waals surface area contributed by atoms with Crippen LogP contribution < -0.4 is 0 Å². The van der Waals surface area contributed by atoms with Crippen molar-refractivity contribution in [3.63, 3.8) is 0 Å². The predicted molar refractivity (Wildman–Crippen MR) is 129 cm³/mol. The van der Waals surface area contributed by atoms with Gasteiger partial charge in [-0.25, -0.2) is 9.59 Å². The maximum absolute atomic E-state index is 13.9. The largest absolute Gasteiger partial charge is 0.465 e. The first kappa shape index (κ1) is 24.1. The van der Waals surface area contributed by atoms with Crippen molar-refractivity contribution in [1.29, 1.82) is 0 Å². The molecule has 0 atom stereocenters. The zero-order valence-corrected chi connectivity index (χ0v) is 19.8. The van der Waals surface area contributed by atoms with Crippen molar-refractivity contribution in [2.75, 3.05) is 14.2 Å². The highest BCUT2D eigenvalue weighted by Crippen LogP contribution is 2.37. The number of ether oxygens (including phenoxy) is 2. The molecule has 0 amide bonds. The smallest absolute Gasteiger partial charge is 0.341 e. The van der Waals surface area contributed by atoms with E-state index in [0.717, 1.165) is 19.3 Å². The van der Waals surface area contributed by atoms with Crippen LogP contribution in [0.5, 0.6) is 0 Å². The minimum absolute atomic E-state index is 0.0189. The van der Waals surface area contributed by atoms with Gasteiger partial charge in [-0.1, -0.05) is 79.9 Å². The van der Waals surface area contributed by atoms with Gasteiger partial charge in [-0.3, -0.25) is 9.59 Å². The van der Waals surface area contributed by atoms with E-state index < -0.39 is 23.5 Å². The van der Waals surface area contributed by atoms with Crippen LogP contribution in [-0.2, 0) is 9.47 Å². The van der Waals surface area contributed by atoms with Crippen molar-refractivity contribution < 1.29 is 28.7 Å². The van der Waals surface area contributed by atoms with Crippen molar-refractivity contribution in [2.45, 2.75) is 38.1 Å². The maximum Gasteiger partial charge on any atom is 0.341 e. The van der Waals surface area contributed by atoms with Crippen LogP contribution in [-0.4, -0.2) is 42.3 Å². The summed E-state index contributed by atoms with van der Waals surface area (Å²) < 4.78 is 11.6. The van der Waals surface area contributed by atoms with E-state index in [0.29, 0.717) is 24.0 Å². The van der Waals surface area contributed by atoms with Gasteiger partial charge in [-0.2, -0.15) is 0 Å². The van der Waals surface area contributed by atoms with E-state index in [9.17, 15) is 19.2 Å². The molecule has 3 aromatic rings. The number of aromatic nitrogens is 1. The summed E-state index contributed by atoms with van der Waals surface area (Å²) in [7, 11) is 2.35. The quantitative estimate of drug-likeness (QED) is 0.353. The standard InChI is InChI=1S/C28H27NO6/c1-34-27(32)21-22(28(33)35-2)24(26(31)19-14-8-4-9-15-19)29(20-16-10-5-11-17-20)23(21)25(30)18-12-6-3-7-13-18/h3-4,6-9,12-15,20H,5,10-11,16-17H2,1-2H3. The average Bonchev–Trinajstić information content (AvgIpc) is 3.28. The Balaban J connectivity index is 2.11. The van der Waals surface area contributed by atoms with Crippen molar-refractivity contribution in [3.05, 3.63) is 94.3 Å². The van der Waals surface area contributed by atoms with Gasteiger partial charge < -0.3 is 14.0 Å². The predicted octanol–water partition coefficient (Wildman–Crippen LogP) is 5.03. The second-order valence-corrected chi connectivity index (χ2v) is 8.48. The first-order valence-corrected chi connectivity index (χ1v) is 11.6. The molecule has 7 heteroatoms. The summed E-state index contributed by atoms with van der Waals surface area (Å²) in [5, 5.41) is 0. The van der Waals surface area contributed by atoms with Crippen LogP contribution in [0.2, 0.25) is 0 Å². The lowest BCUT2D eigenvalue weighted by molar-refractivity contribution is 0.0554. The number of methoxy groups -OCH3 is 2. The molecule has 0 aliphatic heterocycles. The van der Waals surface area contributed by atoms with Gasteiger partial charge in [0.25, 0.3) is 0 Å². The molecule has 1 saturated carbocycles. The summed E-state index contributed by atoms with van der Waals surface area (Å²) in [6.07, 6.45) is 4.26. The van der Waals surface area contributed by atoms with Gasteiger partial charge in [0, 0.05) is 17.2 Å². The van der Waals surface area contributed by atoms with Crippen molar-refractivity contribution >= 4 is 23.5 Å². The fraction of sp³-hybridized carbons (Fsp3) is 0.286. The third-order valence-electron chi connectivity index (χ3n) is 6.43. The Kier molecular flexibility index (Phi) is 7.25. The van der Waals surface area contributed by atoms with Gasteiger partial charge in [0.05, 0.1) is 14.2 Å². The van der Waals surface area contributed by atoms with Crippen molar-refractivity contribution in [2.24, 2.45) is 0 Å². The van der Waals surface area contributed by atoms with Crippen LogP contribution in [0.3, 0.4) is 0 Å². The molecule has 1 heterocycles. The van der Waals surface area contributed by atoms with Crippen LogP contribution in [0.4, 0.5) is 0 Å². The molecule has 0 spiro atoms. The Morgan fingerprint density at radius 3 is 1.43 bits per heavy atom. The fourth-order valence-corrected chi connectivity index (χ4v) is 4.79. The van der Waals surface area contributed by atoms with E-state index in [1.165, 1.54) is 14.2 Å². The molecular weight excluding hydrogens is 446 g/mol. The van der Waals surface area contributed by atoms with Gasteiger partial charge in [0.15, 0.2) is 0 Å². The first-order valence-electron chi connectivity index (χ1n) is 11.6. The number of nitrogens with zero attached hydrogens (tertiary/aromatic N) is 1. The van der Waals surface area contributed by atoms with E-state index in [-0.39, 0.29) is 28.6 Å². The van der Waals surface area contributed by atoms with Gasteiger partial charge >= 0.3 is 11.9 Å². The highest BCUT2D eigenvalue weighted by Gasteiger charge is 2.40. The summed E-state index contributed by atoms with van der Waals surface area (Å²) in [6, 6.07) is 16.7. The Bertz CT molecular complexity index is 1160. The third kappa shape index (κ3) is 4.54. The zero-order valence-electron chi connectivity index (χ0n) is 19.8. The van der Waals surface area contributed by atoms with Crippen LogP contribution >= 0.6 is 0 Å². The number of ketones is 2. The Labute approximate surface area is 203 Å². The summed E-state index contributed by atoms with van der Waals surface area (Å²) in [5.74, 6) is -2.68. The lowest BCUT2D eigenvalue weighted by atomic mass is 9.94. The Morgan fingerprint density at radius 1 is 0.657 bits per heavy atom. The van der Waals surface area contributed by atoms with E-state index in [1.807, 2.05) is 0 Å². The minimum atomic E-state index is -0.874. The third-order valence-corrected chi connectivity index (χ3v) is 6.43. The molecular formula is C28H27NO6. The molecule has 0 N–H and O–H groups in total. The van der Waals surface area contributed by atoms with Gasteiger partial charge in [-0.15, -0.1) is 0 Å². The summed E-state index contributed by atoms with van der Waals surface area (Å²) in [6.45, 7) is 0. The van der Waals surface area contributed by atoms with Crippen LogP contribution in [0.25, 0.3) is 0 Å². The minimum Gasteiger partial charge on any atom is -0.465 e. The number of rotatable bonds is 7. The molecule has 180 valence electrons. The van der Waals surface area contributed by atoms with E-state index in [1.54, 1.807) is 65.2 Å². The first-order chi connectivity index (χ1) is 17.0. The second kappa shape index (κ2) is 10.5. The van der Waals surface area contributed by atoms with Crippen molar-refractivity contribution in [1.82, 2.24) is 4.57 Å². The molecule has 4 rings (SSSR count). The Hall–Kier alpha value is -4.00. The molecule has 35 heavy (non-hydrogen) atoms. The van der Waals surface area contributed by atoms with Gasteiger partial charge in [0.1, 0.15) is 22.5 Å². The van der Waals surface area contributed by atoms with Crippen LogP contribution in [0.1, 0.15) is 91.0 Å². The SMILES string of the molecule is COC(=O)c1c(C(=O)OC)c(C(=O)c2ccccc2)n(C2CCCCC2)c1C(=O)c1ccccc1. The van der Waals surface area contributed by atoms with Crippen LogP contribution in [0, 0.1) is 0 Å². The van der Waals surface area contributed by atoms with Gasteiger partial charge in [-0.05, 0) is 12.8 Å². The highest BCUT2D eigenvalue weighted by atomic mass is 16.5. The topological polar surface area (TPSA) is 91.7 Å². The highest BCUT2D eigenvalue weighted by molar-refractivity contribution is 6.22. The average molecular weight is 474 g/mol. The number of hydrogen-bond donors (Lipinski definition) is 0. The maximum atomic E-state index is 13.9. The zero-order chi connectivity index (χ0) is 24.9. The molecule has 0 radical (unpaired) electrons. The lowest BCUT2D eigenvalue weighted by Crippen LogP contribution is -2.24. The molecule has 2 aromatic carbocycles. The molecule has 1 fully saturated rings. The second-order valence-electron chi connectivity index (χ2n) is 8.48. The number of hydrogen-bond acceptors (Lipinski definition) is 6. The van der Waals surface area contributed by atoms with E-state index in [2.05, 4.69) is 0 Å². The molecule has 1 aliphatic carbocycles. The van der Waals surface area contributed by atoms with Crippen LogP contribution in [0.15, 0.2) is 60.7 Å². The van der Waals surface area contributed by atoms with Crippen molar-refractivity contribution in [3.8, 4) is 0 Å². The van der Waals surface area contributed by atoms with E-state index >= 15 is 0 Å². The lowest BCUT2D eigenvalue weighted by Gasteiger charge is -2.27. The number of carbonyl (C=O) groups excluding carboxylic acids is 4.